The number of carbonyl (C=O) groups excluding carboxylic acids is 1. The first kappa shape index (κ1) is 11.1. The van der Waals surface area contributed by atoms with E-state index in [0.29, 0.717) is 4.47 Å². The molecule has 1 N–H and O–H groups in total. The van der Waals surface area contributed by atoms with Crippen LogP contribution in [0.4, 0.5) is 9.52 Å². The number of hydrogen-bond acceptors (Lipinski definition) is 5. The lowest BCUT2D eigenvalue weighted by molar-refractivity contribution is 0.102. The van der Waals surface area contributed by atoms with E-state index in [2.05, 4.69) is 36.0 Å². The summed E-state index contributed by atoms with van der Waals surface area (Å²) in [7, 11) is 0. The van der Waals surface area contributed by atoms with Crippen LogP contribution < -0.4 is 5.32 Å². The van der Waals surface area contributed by atoms with E-state index in [9.17, 15) is 9.18 Å². The predicted octanol–water partition coefficient (Wildman–Crippen LogP) is 2.09. The number of amides is 1. The number of nitrogens with zero attached hydrogens (tertiary/aromatic N) is 3. The van der Waals surface area contributed by atoms with Crippen molar-refractivity contribution in [1.82, 2.24) is 14.8 Å². The number of anilines is 1. The second-order valence-corrected chi connectivity index (χ2v) is 4.31. The quantitative estimate of drug-likeness (QED) is 0.922. The van der Waals surface area contributed by atoms with Crippen LogP contribution in [0.2, 0.25) is 0 Å². The van der Waals surface area contributed by atoms with Crippen LogP contribution in [0.25, 0.3) is 0 Å². The number of benzene rings is 1. The van der Waals surface area contributed by atoms with Crippen LogP contribution >= 0.6 is 27.5 Å². The van der Waals surface area contributed by atoms with Gasteiger partial charge in [0.25, 0.3) is 5.91 Å². The molecule has 0 saturated heterocycles. The van der Waals surface area contributed by atoms with Crippen molar-refractivity contribution in [3.05, 3.63) is 34.1 Å². The molecule has 1 amide bonds. The van der Waals surface area contributed by atoms with Crippen molar-refractivity contribution in [2.45, 2.75) is 0 Å². The van der Waals surface area contributed by atoms with Crippen LogP contribution in [-0.2, 0) is 0 Å². The van der Waals surface area contributed by atoms with Gasteiger partial charge in [0.2, 0.25) is 5.13 Å². The van der Waals surface area contributed by atoms with Gasteiger partial charge >= 0.3 is 0 Å². The highest BCUT2D eigenvalue weighted by Crippen LogP contribution is 2.20. The molecule has 16 heavy (non-hydrogen) atoms. The van der Waals surface area contributed by atoms with Gasteiger partial charge in [0.15, 0.2) is 0 Å². The van der Waals surface area contributed by atoms with Gasteiger partial charge < -0.3 is 0 Å². The normalized spacial score (nSPS) is 10.1. The summed E-state index contributed by atoms with van der Waals surface area (Å²) < 4.78 is 17.2. The van der Waals surface area contributed by atoms with E-state index < -0.39 is 11.7 Å². The highest BCUT2D eigenvalue weighted by atomic mass is 79.9. The monoisotopic (exact) mass is 302 g/mol. The number of carbonyl (C=O) groups is 1. The average molecular weight is 303 g/mol. The molecular formula is C8H4BrFN4OS. The Morgan fingerprint density at radius 3 is 2.94 bits per heavy atom. The molecule has 0 aliphatic heterocycles. The maximum atomic E-state index is 13.4. The molecule has 0 radical (unpaired) electrons. The summed E-state index contributed by atoms with van der Waals surface area (Å²) in [6.07, 6.45) is 0. The maximum absolute atomic E-state index is 13.4. The number of hydrogen-bond donors (Lipinski definition) is 1. The topological polar surface area (TPSA) is 67.8 Å². The Labute approximate surface area is 102 Å². The Kier molecular flexibility index (Phi) is 3.20. The zero-order valence-corrected chi connectivity index (χ0v) is 10.0. The molecule has 82 valence electrons. The first-order chi connectivity index (χ1) is 7.68. The van der Waals surface area contributed by atoms with Crippen LogP contribution in [0, 0.1) is 5.82 Å². The maximum Gasteiger partial charge on any atom is 0.261 e. The minimum atomic E-state index is -0.607. The Hall–Kier alpha value is -1.41. The summed E-state index contributed by atoms with van der Waals surface area (Å²) in [5.74, 6) is -1.20. The fraction of sp³-hybridized carbons (Fsp3) is 0. The lowest BCUT2D eigenvalue weighted by Crippen LogP contribution is -2.14. The zero-order valence-electron chi connectivity index (χ0n) is 7.65. The van der Waals surface area contributed by atoms with E-state index >= 15 is 0 Å². The summed E-state index contributed by atoms with van der Waals surface area (Å²) in [4.78, 5) is 11.7. The third kappa shape index (κ3) is 2.22. The Morgan fingerprint density at radius 2 is 2.31 bits per heavy atom. The largest absolute Gasteiger partial charge is 0.295 e. The molecule has 0 fully saturated rings. The van der Waals surface area contributed by atoms with Crippen molar-refractivity contribution in [1.29, 1.82) is 0 Å². The fourth-order valence-electron chi connectivity index (χ4n) is 1.06. The van der Waals surface area contributed by atoms with Gasteiger partial charge in [-0.25, -0.2) is 4.39 Å². The minimum absolute atomic E-state index is 0.0716. The van der Waals surface area contributed by atoms with Gasteiger partial charge in [0.05, 0.1) is 5.56 Å². The first-order valence-electron chi connectivity index (χ1n) is 4.09. The van der Waals surface area contributed by atoms with Crippen LogP contribution in [0.3, 0.4) is 0 Å². The van der Waals surface area contributed by atoms with E-state index in [0.717, 1.165) is 11.5 Å². The molecule has 0 aliphatic rings. The van der Waals surface area contributed by atoms with Gasteiger partial charge in [-0.1, -0.05) is 15.7 Å². The minimum Gasteiger partial charge on any atom is -0.295 e. The number of aromatic nitrogens is 3. The highest BCUT2D eigenvalue weighted by Gasteiger charge is 2.16. The van der Waals surface area contributed by atoms with E-state index in [4.69, 9.17) is 0 Å². The molecule has 0 atom stereocenters. The Bertz CT molecular complexity index is 499. The van der Waals surface area contributed by atoms with Gasteiger partial charge in [0.1, 0.15) is 5.82 Å². The van der Waals surface area contributed by atoms with E-state index in [1.807, 2.05) is 0 Å². The van der Waals surface area contributed by atoms with Crippen molar-refractivity contribution in [2.24, 2.45) is 0 Å². The molecule has 8 heteroatoms. The molecule has 0 aliphatic carbocycles. The summed E-state index contributed by atoms with van der Waals surface area (Å²) in [5.41, 5.74) is -0.0716. The standard InChI is InChI=1S/C8H4BrFN4OS/c9-4-2-1-3-5(10)6(4)7(15)11-8-12-13-14-16-8/h1-3H,(H,11,12,14,15). The van der Waals surface area contributed by atoms with Crippen molar-refractivity contribution in [3.63, 3.8) is 0 Å². The Balaban J connectivity index is 2.28. The summed E-state index contributed by atoms with van der Waals surface area (Å²) in [5, 5.41) is 9.46. The molecular weight excluding hydrogens is 299 g/mol. The molecule has 2 rings (SSSR count). The molecule has 1 aromatic heterocycles. The van der Waals surface area contributed by atoms with Gasteiger partial charge in [-0.2, -0.15) is 0 Å². The number of halogens is 2. The lowest BCUT2D eigenvalue weighted by Gasteiger charge is -2.04. The summed E-state index contributed by atoms with van der Waals surface area (Å²) in [6, 6.07) is 4.29. The van der Waals surface area contributed by atoms with Crippen molar-refractivity contribution < 1.29 is 9.18 Å². The van der Waals surface area contributed by atoms with Crippen LogP contribution in [-0.4, -0.2) is 20.7 Å². The molecule has 5 nitrogen and oxygen atoms in total. The average Bonchev–Trinajstić information content (AvgIpc) is 2.70. The predicted molar refractivity (Wildman–Crippen MR) is 59.8 cm³/mol. The van der Waals surface area contributed by atoms with Gasteiger partial charge in [-0.15, -0.1) is 0 Å². The second kappa shape index (κ2) is 4.62. The van der Waals surface area contributed by atoms with E-state index in [-0.39, 0.29) is 10.7 Å². The zero-order chi connectivity index (χ0) is 11.5. The summed E-state index contributed by atoms with van der Waals surface area (Å²) in [6.45, 7) is 0. The lowest BCUT2D eigenvalue weighted by atomic mass is 10.2. The van der Waals surface area contributed by atoms with Crippen LogP contribution in [0.5, 0.6) is 0 Å². The van der Waals surface area contributed by atoms with E-state index in [1.54, 1.807) is 6.07 Å². The van der Waals surface area contributed by atoms with Gasteiger partial charge in [-0.05, 0) is 33.3 Å². The summed E-state index contributed by atoms with van der Waals surface area (Å²) >= 11 is 4.02. The highest BCUT2D eigenvalue weighted by molar-refractivity contribution is 9.10. The van der Waals surface area contributed by atoms with Gasteiger partial charge in [-0.3, -0.25) is 10.1 Å². The number of rotatable bonds is 2. The molecule has 0 bridgehead atoms. The Morgan fingerprint density at radius 1 is 1.50 bits per heavy atom. The van der Waals surface area contributed by atoms with Gasteiger partial charge in [0, 0.05) is 16.0 Å². The molecule has 0 unspecified atom stereocenters. The SMILES string of the molecule is O=C(Nc1nnns1)c1c(F)cccc1Br. The third-order valence-electron chi connectivity index (χ3n) is 1.71. The van der Waals surface area contributed by atoms with Crippen LogP contribution in [0.15, 0.2) is 22.7 Å². The molecule has 1 aromatic carbocycles. The molecule has 2 aromatic rings. The van der Waals surface area contributed by atoms with Crippen molar-refractivity contribution >= 4 is 38.5 Å². The second-order valence-electron chi connectivity index (χ2n) is 2.72. The molecule has 1 heterocycles. The van der Waals surface area contributed by atoms with Crippen molar-refractivity contribution in [3.8, 4) is 0 Å². The smallest absolute Gasteiger partial charge is 0.261 e. The van der Waals surface area contributed by atoms with Crippen molar-refractivity contribution in [2.75, 3.05) is 5.32 Å². The third-order valence-corrected chi connectivity index (χ3v) is 2.88. The molecule has 0 saturated carbocycles. The van der Waals surface area contributed by atoms with Crippen LogP contribution in [0.1, 0.15) is 10.4 Å². The molecule has 0 spiro atoms. The first-order valence-corrected chi connectivity index (χ1v) is 5.65. The fourth-order valence-corrected chi connectivity index (χ4v) is 1.94. The van der Waals surface area contributed by atoms with E-state index in [1.165, 1.54) is 12.1 Å². The number of nitrogens with one attached hydrogen (secondary N) is 1.